The molecule has 0 aliphatic carbocycles. The molecule has 0 saturated carbocycles. The number of hydrogen-bond acceptors (Lipinski definition) is 4. The fourth-order valence-electron chi connectivity index (χ4n) is 1.99. The van der Waals surface area contributed by atoms with E-state index in [-0.39, 0.29) is 0 Å². The van der Waals surface area contributed by atoms with Crippen molar-refractivity contribution < 1.29 is 9.47 Å². The number of fused-ring (bicyclic) bond motifs is 1. The minimum Gasteiger partial charge on any atom is -0.346 e. The Balaban J connectivity index is 2.47. The van der Waals surface area contributed by atoms with Crippen LogP contribution in [0.5, 0.6) is 0 Å². The molecular formula is C13H19N3O2. The summed E-state index contributed by atoms with van der Waals surface area (Å²) >= 11 is 0. The van der Waals surface area contributed by atoms with Crippen molar-refractivity contribution in [2.45, 2.75) is 33.6 Å². The molecule has 0 aliphatic rings. The van der Waals surface area contributed by atoms with Crippen LogP contribution in [0.1, 0.15) is 32.9 Å². The molecule has 0 atom stereocenters. The van der Waals surface area contributed by atoms with Crippen LogP contribution in [0.25, 0.3) is 11.2 Å². The summed E-state index contributed by atoms with van der Waals surface area (Å²) in [6.07, 6.45) is 1.32. The highest BCUT2D eigenvalue weighted by Gasteiger charge is 2.20. The van der Waals surface area contributed by atoms with E-state index in [0.717, 1.165) is 23.5 Å². The maximum atomic E-state index is 5.61. The third-order valence-electron chi connectivity index (χ3n) is 2.72. The summed E-state index contributed by atoms with van der Waals surface area (Å²) in [5, 5.41) is 0. The number of rotatable bonds is 6. The van der Waals surface area contributed by atoms with Crippen molar-refractivity contribution in [3.8, 4) is 0 Å². The van der Waals surface area contributed by atoms with Gasteiger partial charge in [0.1, 0.15) is 0 Å². The van der Waals surface area contributed by atoms with Crippen molar-refractivity contribution in [2.75, 3.05) is 13.2 Å². The predicted octanol–water partition coefficient (Wildman–Crippen LogP) is 2.52. The molecule has 0 N–H and O–H groups in total. The number of aromatic nitrogens is 3. The molecule has 0 spiro atoms. The standard InChI is InChI=1S/C13H19N3O2/c1-4-16-10-8-7-9-14-11(10)15-12(16)13(17-5-2)18-6-3/h7-9,13H,4-6H2,1-3H3. The molecular weight excluding hydrogens is 230 g/mol. The molecule has 2 heterocycles. The monoisotopic (exact) mass is 249 g/mol. The lowest BCUT2D eigenvalue weighted by molar-refractivity contribution is -0.146. The van der Waals surface area contributed by atoms with Crippen LogP contribution in [-0.4, -0.2) is 27.7 Å². The van der Waals surface area contributed by atoms with Gasteiger partial charge in [-0.3, -0.25) is 0 Å². The van der Waals surface area contributed by atoms with Gasteiger partial charge in [0.05, 0.1) is 5.52 Å². The molecule has 0 radical (unpaired) electrons. The highest BCUT2D eigenvalue weighted by atomic mass is 16.7. The zero-order valence-corrected chi connectivity index (χ0v) is 11.1. The van der Waals surface area contributed by atoms with E-state index in [1.54, 1.807) is 6.20 Å². The molecule has 0 aromatic carbocycles. The minimum atomic E-state index is -0.422. The second kappa shape index (κ2) is 5.93. The molecule has 5 nitrogen and oxygen atoms in total. The SMILES string of the molecule is CCOC(OCC)c1nc2ncccc2n1CC. The van der Waals surface area contributed by atoms with E-state index < -0.39 is 6.29 Å². The van der Waals surface area contributed by atoms with Gasteiger partial charge in [-0.1, -0.05) is 0 Å². The van der Waals surface area contributed by atoms with Gasteiger partial charge in [-0.25, -0.2) is 9.97 Å². The van der Waals surface area contributed by atoms with Crippen LogP contribution in [0.3, 0.4) is 0 Å². The fourth-order valence-corrected chi connectivity index (χ4v) is 1.99. The third-order valence-corrected chi connectivity index (χ3v) is 2.72. The predicted molar refractivity (Wildman–Crippen MR) is 69.2 cm³/mol. The Morgan fingerprint density at radius 1 is 1.22 bits per heavy atom. The second-order valence-corrected chi connectivity index (χ2v) is 3.80. The summed E-state index contributed by atoms with van der Waals surface area (Å²) in [5.74, 6) is 0.787. The number of ether oxygens (including phenoxy) is 2. The molecule has 5 heteroatoms. The van der Waals surface area contributed by atoms with Crippen LogP contribution >= 0.6 is 0 Å². The molecule has 18 heavy (non-hydrogen) atoms. The van der Waals surface area contributed by atoms with Gasteiger partial charge in [0.2, 0.25) is 6.29 Å². The summed E-state index contributed by atoms with van der Waals surface area (Å²) < 4.78 is 13.3. The molecule has 0 aliphatic heterocycles. The number of aryl methyl sites for hydroxylation is 1. The van der Waals surface area contributed by atoms with Gasteiger partial charge in [-0.2, -0.15) is 0 Å². The molecule has 2 rings (SSSR count). The number of nitrogens with zero attached hydrogens (tertiary/aromatic N) is 3. The van der Waals surface area contributed by atoms with Gasteiger partial charge >= 0.3 is 0 Å². The molecule has 0 amide bonds. The lowest BCUT2D eigenvalue weighted by Gasteiger charge is -2.17. The van der Waals surface area contributed by atoms with E-state index in [9.17, 15) is 0 Å². The summed E-state index contributed by atoms with van der Waals surface area (Å²) in [7, 11) is 0. The highest BCUT2D eigenvalue weighted by molar-refractivity contribution is 5.71. The lowest BCUT2D eigenvalue weighted by atomic mass is 10.4. The largest absolute Gasteiger partial charge is 0.346 e. The first kappa shape index (κ1) is 13.0. The number of hydrogen-bond donors (Lipinski definition) is 0. The summed E-state index contributed by atoms with van der Waals surface area (Å²) in [5.41, 5.74) is 1.75. The molecule has 2 aromatic heterocycles. The van der Waals surface area contributed by atoms with E-state index in [0.29, 0.717) is 13.2 Å². The van der Waals surface area contributed by atoms with Crippen molar-refractivity contribution in [1.82, 2.24) is 14.5 Å². The quantitative estimate of drug-likeness (QED) is 0.738. The zero-order chi connectivity index (χ0) is 13.0. The Labute approximate surface area is 107 Å². The van der Waals surface area contributed by atoms with Crippen molar-refractivity contribution in [2.24, 2.45) is 0 Å². The smallest absolute Gasteiger partial charge is 0.217 e. The van der Waals surface area contributed by atoms with E-state index in [2.05, 4.69) is 21.5 Å². The van der Waals surface area contributed by atoms with E-state index in [1.165, 1.54) is 0 Å². The lowest BCUT2D eigenvalue weighted by Crippen LogP contribution is -2.15. The van der Waals surface area contributed by atoms with Gasteiger partial charge in [0, 0.05) is 26.0 Å². The zero-order valence-electron chi connectivity index (χ0n) is 11.1. The Bertz CT molecular complexity index is 504. The third kappa shape index (κ3) is 2.37. The fraction of sp³-hybridized carbons (Fsp3) is 0.538. The number of imidazole rings is 1. The van der Waals surface area contributed by atoms with Crippen molar-refractivity contribution in [3.05, 3.63) is 24.2 Å². The van der Waals surface area contributed by atoms with E-state index in [4.69, 9.17) is 9.47 Å². The van der Waals surface area contributed by atoms with Crippen molar-refractivity contribution in [3.63, 3.8) is 0 Å². The normalized spacial score (nSPS) is 11.6. The molecule has 0 fully saturated rings. The summed E-state index contributed by atoms with van der Waals surface area (Å²) in [6.45, 7) is 7.96. The van der Waals surface area contributed by atoms with Gasteiger partial charge in [-0.05, 0) is 32.9 Å². The molecule has 0 unspecified atom stereocenters. The first-order chi connectivity index (χ1) is 8.81. The van der Waals surface area contributed by atoms with Crippen LogP contribution in [0.2, 0.25) is 0 Å². The Morgan fingerprint density at radius 3 is 2.56 bits per heavy atom. The maximum absolute atomic E-state index is 5.61. The van der Waals surface area contributed by atoms with Crippen LogP contribution in [-0.2, 0) is 16.0 Å². The first-order valence-electron chi connectivity index (χ1n) is 6.36. The van der Waals surface area contributed by atoms with E-state index in [1.807, 2.05) is 26.0 Å². The van der Waals surface area contributed by atoms with Crippen LogP contribution in [0.4, 0.5) is 0 Å². The molecule has 0 bridgehead atoms. The summed E-state index contributed by atoms with van der Waals surface area (Å²) in [4.78, 5) is 8.79. The van der Waals surface area contributed by atoms with Crippen LogP contribution in [0.15, 0.2) is 18.3 Å². The van der Waals surface area contributed by atoms with Crippen molar-refractivity contribution >= 4 is 11.2 Å². The Morgan fingerprint density at radius 2 is 1.94 bits per heavy atom. The maximum Gasteiger partial charge on any atom is 0.217 e. The topological polar surface area (TPSA) is 49.2 Å². The van der Waals surface area contributed by atoms with E-state index >= 15 is 0 Å². The minimum absolute atomic E-state index is 0.422. The number of pyridine rings is 1. The van der Waals surface area contributed by atoms with Crippen LogP contribution in [0, 0.1) is 0 Å². The average Bonchev–Trinajstić information content (AvgIpc) is 2.76. The van der Waals surface area contributed by atoms with Gasteiger partial charge < -0.3 is 14.0 Å². The molecule has 98 valence electrons. The summed E-state index contributed by atoms with van der Waals surface area (Å²) in [6, 6.07) is 3.92. The average molecular weight is 249 g/mol. The van der Waals surface area contributed by atoms with Crippen molar-refractivity contribution in [1.29, 1.82) is 0 Å². The Kier molecular flexibility index (Phi) is 4.28. The second-order valence-electron chi connectivity index (χ2n) is 3.80. The molecule has 2 aromatic rings. The van der Waals surface area contributed by atoms with Gasteiger partial charge in [-0.15, -0.1) is 0 Å². The highest BCUT2D eigenvalue weighted by Crippen LogP contribution is 2.22. The molecule has 0 saturated heterocycles. The van der Waals surface area contributed by atoms with Gasteiger partial charge in [0.15, 0.2) is 11.5 Å². The van der Waals surface area contributed by atoms with Crippen LogP contribution < -0.4 is 0 Å². The van der Waals surface area contributed by atoms with Gasteiger partial charge in [0.25, 0.3) is 0 Å². The Hall–Kier alpha value is -1.46. The first-order valence-corrected chi connectivity index (χ1v) is 6.36.